The Morgan fingerprint density at radius 1 is 1.22 bits per heavy atom. The Bertz CT molecular complexity index is 481. The normalized spacial score (nSPS) is 11.8. The van der Waals surface area contributed by atoms with Gasteiger partial charge in [-0.15, -0.1) is 24.0 Å². The lowest BCUT2D eigenvalue weighted by Gasteiger charge is -2.12. The van der Waals surface area contributed by atoms with E-state index in [-0.39, 0.29) is 30.6 Å². The fourth-order valence-corrected chi connectivity index (χ4v) is 1.76. The van der Waals surface area contributed by atoms with Crippen molar-refractivity contribution in [2.75, 3.05) is 20.2 Å². The van der Waals surface area contributed by atoms with Crippen LogP contribution in [0, 0.1) is 0 Å². The van der Waals surface area contributed by atoms with Gasteiger partial charge < -0.3 is 15.4 Å². The zero-order valence-corrected chi connectivity index (χ0v) is 15.6. The van der Waals surface area contributed by atoms with Gasteiger partial charge >= 0.3 is 6.18 Å². The van der Waals surface area contributed by atoms with Gasteiger partial charge in [0, 0.05) is 20.1 Å². The minimum Gasteiger partial charge on any atom is -0.367 e. The van der Waals surface area contributed by atoms with Crippen LogP contribution in [-0.4, -0.2) is 32.3 Å². The molecule has 0 amide bonds. The second-order valence-electron chi connectivity index (χ2n) is 4.78. The molecule has 0 aliphatic rings. The molecule has 0 aliphatic heterocycles. The van der Waals surface area contributed by atoms with Crippen molar-refractivity contribution in [3.8, 4) is 0 Å². The summed E-state index contributed by atoms with van der Waals surface area (Å²) in [5.41, 5.74) is 1.66. The Morgan fingerprint density at radius 2 is 1.91 bits per heavy atom. The zero-order valence-electron chi connectivity index (χ0n) is 13.2. The van der Waals surface area contributed by atoms with Crippen molar-refractivity contribution < 1.29 is 17.9 Å². The van der Waals surface area contributed by atoms with Gasteiger partial charge in [0.05, 0.1) is 6.61 Å². The van der Waals surface area contributed by atoms with Crippen molar-refractivity contribution in [1.29, 1.82) is 0 Å². The van der Waals surface area contributed by atoms with Crippen LogP contribution < -0.4 is 10.6 Å². The summed E-state index contributed by atoms with van der Waals surface area (Å²) in [6.45, 7) is 2.13. The summed E-state index contributed by atoms with van der Waals surface area (Å²) in [4.78, 5) is 4.08. The SMILES string of the molecule is CCCNC(=NC)NCc1cccc(COCC(F)(F)F)c1.I. The molecular weight excluding hydrogens is 422 g/mol. The monoisotopic (exact) mass is 445 g/mol. The number of alkyl halides is 3. The van der Waals surface area contributed by atoms with E-state index in [1.165, 1.54) is 0 Å². The maximum atomic E-state index is 12.0. The Kier molecular flexibility index (Phi) is 11.0. The molecule has 4 nitrogen and oxygen atoms in total. The third-order valence-electron chi connectivity index (χ3n) is 2.75. The van der Waals surface area contributed by atoms with Gasteiger partial charge in [0.2, 0.25) is 0 Å². The largest absolute Gasteiger partial charge is 0.411 e. The molecule has 23 heavy (non-hydrogen) atoms. The van der Waals surface area contributed by atoms with E-state index in [9.17, 15) is 13.2 Å². The highest BCUT2D eigenvalue weighted by Crippen LogP contribution is 2.16. The van der Waals surface area contributed by atoms with E-state index in [4.69, 9.17) is 0 Å². The Labute approximate surface area is 151 Å². The Morgan fingerprint density at radius 3 is 2.52 bits per heavy atom. The Balaban J connectivity index is 0.00000484. The van der Waals surface area contributed by atoms with E-state index in [2.05, 4.69) is 27.3 Å². The summed E-state index contributed by atoms with van der Waals surface area (Å²) in [5, 5.41) is 6.29. The number of aliphatic imine (C=N–C) groups is 1. The maximum absolute atomic E-state index is 12.0. The Hall–Kier alpha value is -1.03. The molecular formula is C15H23F3IN3O. The van der Waals surface area contributed by atoms with E-state index >= 15 is 0 Å². The minimum atomic E-state index is -4.30. The quantitative estimate of drug-likeness (QED) is 0.384. The summed E-state index contributed by atoms with van der Waals surface area (Å²) >= 11 is 0. The van der Waals surface area contributed by atoms with Crippen molar-refractivity contribution in [3.63, 3.8) is 0 Å². The van der Waals surface area contributed by atoms with E-state index < -0.39 is 12.8 Å². The molecule has 0 heterocycles. The van der Waals surface area contributed by atoms with Gasteiger partial charge in [-0.25, -0.2) is 0 Å². The highest BCUT2D eigenvalue weighted by Gasteiger charge is 2.27. The number of nitrogens with one attached hydrogen (secondary N) is 2. The molecule has 0 bridgehead atoms. The second kappa shape index (κ2) is 11.5. The molecule has 132 valence electrons. The number of nitrogens with zero attached hydrogens (tertiary/aromatic N) is 1. The van der Waals surface area contributed by atoms with Gasteiger partial charge in [-0.1, -0.05) is 31.2 Å². The number of benzene rings is 1. The van der Waals surface area contributed by atoms with E-state index in [1.807, 2.05) is 12.1 Å². The van der Waals surface area contributed by atoms with Crippen molar-refractivity contribution in [2.45, 2.75) is 32.7 Å². The molecule has 0 aromatic heterocycles. The van der Waals surface area contributed by atoms with Gasteiger partial charge in [0.25, 0.3) is 0 Å². The molecule has 0 unspecified atom stereocenters. The van der Waals surface area contributed by atoms with Crippen LogP contribution in [0.25, 0.3) is 0 Å². The average molecular weight is 445 g/mol. The van der Waals surface area contributed by atoms with Crippen LogP contribution in [0.4, 0.5) is 13.2 Å². The lowest BCUT2D eigenvalue weighted by Crippen LogP contribution is -2.37. The second-order valence-corrected chi connectivity index (χ2v) is 4.78. The van der Waals surface area contributed by atoms with Crippen LogP contribution in [0.5, 0.6) is 0 Å². The first-order valence-corrected chi connectivity index (χ1v) is 7.11. The van der Waals surface area contributed by atoms with Gasteiger partial charge in [-0.05, 0) is 17.5 Å². The molecule has 0 saturated carbocycles. The van der Waals surface area contributed by atoms with E-state index in [0.717, 1.165) is 18.5 Å². The molecule has 1 aromatic carbocycles. The summed E-state index contributed by atoms with van der Waals surface area (Å²) < 4.78 is 40.8. The topological polar surface area (TPSA) is 45.7 Å². The lowest BCUT2D eigenvalue weighted by molar-refractivity contribution is -0.176. The minimum absolute atomic E-state index is 0. The highest BCUT2D eigenvalue weighted by molar-refractivity contribution is 14.0. The smallest absolute Gasteiger partial charge is 0.367 e. The fraction of sp³-hybridized carbons (Fsp3) is 0.533. The number of hydrogen-bond acceptors (Lipinski definition) is 2. The first kappa shape index (κ1) is 22.0. The summed E-state index contributed by atoms with van der Waals surface area (Å²) in [5.74, 6) is 0.695. The third-order valence-corrected chi connectivity index (χ3v) is 2.75. The first-order valence-electron chi connectivity index (χ1n) is 7.11. The maximum Gasteiger partial charge on any atom is 0.411 e. The molecule has 8 heteroatoms. The fourth-order valence-electron chi connectivity index (χ4n) is 1.76. The van der Waals surface area contributed by atoms with Crippen molar-refractivity contribution in [2.24, 2.45) is 4.99 Å². The van der Waals surface area contributed by atoms with Gasteiger partial charge in [0.1, 0.15) is 6.61 Å². The number of ether oxygens (including phenoxy) is 1. The molecule has 1 aromatic rings. The van der Waals surface area contributed by atoms with Crippen molar-refractivity contribution >= 4 is 29.9 Å². The van der Waals surface area contributed by atoms with Crippen LogP contribution >= 0.6 is 24.0 Å². The molecule has 0 spiro atoms. The van der Waals surface area contributed by atoms with Crippen LogP contribution in [0.2, 0.25) is 0 Å². The number of halogens is 4. The van der Waals surface area contributed by atoms with Crippen molar-refractivity contribution in [3.05, 3.63) is 35.4 Å². The standard InChI is InChI=1S/C15H22F3N3O.HI/c1-3-7-20-14(19-2)21-9-12-5-4-6-13(8-12)10-22-11-15(16,17)18;/h4-6,8H,3,7,9-11H2,1-2H3,(H2,19,20,21);1H. The summed E-state index contributed by atoms with van der Waals surface area (Å²) in [6, 6.07) is 7.25. The molecule has 0 aliphatic carbocycles. The summed E-state index contributed by atoms with van der Waals surface area (Å²) in [6.07, 6.45) is -3.30. The number of rotatable bonds is 7. The average Bonchev–Trinajstić information content (AvgIpc) is 2.46. The van der Waals surface area contributed by atoms with Crippen molar-refractivity contribution in [1.82, 2.24) is 10.6 Å². The predicted molar refractivity (Wildman–Crippen MR) is 96.1 cm³/mol. The third kappa shape index (κ3) is 10.4. The van der Waals surface area contributed by atoms with E-state index in [0.29, 0.717) is 18.1 Å². The van der Waals surface area contributed by atoms with Crippen LogP contribution in [0.3, 0.4) is 0 Å². The van der Waals surface area contributed by atoms with Gasteiger partial charge in [-0.2, -0.15) is 13.2 Å². The summed E-state index contributed by atoms with van der Waals surface area (Å²) in [7, 11) is 1.69. The number of guanidine groups is 1. The predicted octanol–water partition coefficient (Wildman–Crippen LogP) is 3.46. The van der Waals surface area contributed by atoms with Gasteiger partial charge in [-0.3, -0.25) is 4.99 Å². The zero-order chi connectivity index (χ0) is 16.4. The molecule has 0 fully saturated rings. The molecule has 2 N–H and O–H groups in total. The lowest BCUT2D eigenvalue weighted by atomic mass is 10.1. The molecule has 0 radical (unpaired) electrons. The van der Waals surface area contributed by atoms with E-state index in [1.54, 1.807) is 19.2 Å². The number of hydrogen-bond donors (Lipinski definition) is 2. The van der Waals surface area contributed by atoms with Crippen LogP contribution in [0.1, 0.15) is 24.5 Å². The molecule has 0 saturated heterocycles. The highest BCUT2D eigenvalue weighted by atomic mass is 127. The van der Waals surface area contributed by atoms with Crippen LogP contribution in [-0.2, 0) is 17.9 Å². The van der Waals surface area contributed by atoms with Crippen LogP contribution in [0.15, 0.2) is 29.3 Å². The van der Waals surface area contributed by atoms with Gasteiger partial charge in [0.15, 0.2) is 5.96 Å². The molecule has 0 atom stereocenters. The molecule has 1 rings (SSSR count). The first-order chi connectivity index (χ1) is 10.4.